The third-order valence-electron chi connectivity index (χ3n) is 4.06. The molecule has 3 rings (SSSR count). The van der Waals surface area contributed by atoms with E-state index in [1.54, 1.807) is 21.6 Å². The maximum atomic E-state index is 13.3. The van der Waals surface area contributed by atoms with Crippen molar-refractivity contribution in [2.45, 2.75) is 46.7 Å². The quantitative estimate of drug-likeness (QED) is 0.728. The molecule has 3 aromatic rings. The molecule has 0 aromatic carbocycles. The molecule has 24 heavy (non-hydrogen) atoms. The number of hydrogen-bond donors (Lipinski definition) is 0. The summed E-state index contributed by atoms with van der Waals surface area (Å²) in [7, 11) is 0. The third-order valence-corrected chi connectivity index (χ3v) is 4.46. The van der Waals surface area contributed by atoms with Gasteiger partial charge in [-0.05, 0) is 46.8 Å². The summed E-state index contributed by atoms with van der Waals surface area (Å²) in [4.78, 5) is 19.4. The zero-order valence-electron chi connectivity index (χ0n) is 14.4. The fourth-order valence-electron chi connectivity index (χ4n) is 3.14. The van der Waals surface area contributed by atoms with Gasteiger partial charge >= 0.3 is 0 Å². The molecule has 6 nitrogen and oxygen atoms in total. The summed E-state index contributed by atoms with van der Waals surface area (Å²) in [5.41, 5.74) is 1.47. The molecule has 0 aliphatic heterocycles. The van der Waals surface area contributed by atoms with Crippen molar-refractivity contribution < 1.29 is 4.79 Å². The molecule has 0 aliphatic carbocycles. The van der Waals surface area contributed by atoms with Gasteiger partial charge in [-0.1, -0.05) is 11.6 Å². The molecule has 3 aromatic heterocycles. The highest BCUT2D eigenvalue weighted by molar-refractivity contribution is 6.39. The van der Waals surface area contributed by atoms with E-state index >= 15 is 0 Å². The first-order valence-electron chi connectivity index (χ1n) is 7.95. The first kappa shape index (κ1) is 16.6. The topological polar surface area (TPSA) is 63.4 Å². The number of carbonyl (C=O) groups is 1. The number of aromatic nitrogens is 4. The van der Waals surface area contributed by atoms with Gasteiger partial charge in [0, 0.05) is 23.7 Å². The number of aryl methyl sites for hydroxylation is 1. The minimum Gasteiger partial charge on any atom is -0.334 e. The van der Waals surface area contributed by atoms with Crippen LogP contribution in [0, 0.1) is 6.92 Å². The minimum absolute atomic E-state index is 0.0437. The number of pyridine rings is 2. The van der Waals surface area contributed by atoms with Crippen LogP contribution in [-0.4, -0.2) is 42.5 Å². The lowest BCUT2D eigenvalue weighted by Gasteiger charge is -2.31. The van der Waals surface area contributed by atoms with Crippen molar-refractivity contribution in [3.63, 3.8) is 0 Å². The van der Waals surface area contributed by atoms with E-state index in [4.69, 9.17) is 11.6 Å². The summed E-state index contributed by atoms with van der Waals surface area (Å²) >= 11 is 6.61. The second-order valence-corrected chi connectivity index (χ2v) is 6.75. The molecule has 7 heteroatoms. The zero-order valence-corrected chi connectivity index (χ0v) is 15.2. The van der Waals surface area contributed by atoms with Gasteiger partial charge in [-0.25, -0.2) is 4.98 Å². The van der Waals surface area contributed by atoms with E-state index in [2.05, 4.69) is 15.2 Å². The molecule has 0 aliphatic rings. The summed E-state index contributed by atoms with van der Waals surface area (Å²) in [6, 6.07) is 3.75. The second kappa shape index (κ2) is 6.02. The Labute approximate surface area is 145 Å². The Morgan fingerprint density at radius 3 is 2.46 bits per heavy atom. The van der Waals surface area contributed by atoms with Crippen LogP contribution in [-0.2, 0) is 0 Å². The fraction of sp³-hybridized carbons (Fsp3) is 0.412. The van der Waals surface area contributed by atoms with Gasteiger partial charge in [-0.15, -0.1) is 10.2 Å². The van der Waals surface area contributed by atoms with E-state index < -0.39 is 0 Å². The Morgan fingerprint density at radius 1 is 1.17 bits per heavy atom. The number of nitrogens with zero attached hydrogens (tertiary/aromatic N) is 5. The SMILES string of the molecule is Cc1nnc2c(C(=O)N(C(C)C)C(C)C)c(Cl)c3cccnc3n12. The van der Waals surface area contributed by atoms with Crippen LogP contribution in [0.5, 0.6) is 0 Å². The van der Waals surface area contributed by atoms with Gasteiger partial charge < -0.3 is 4.90 Å². The van der Waals surface area contributed by atoms with E-state index in [1.165, 1.54) is 0 Å². The second-order valence-electron chi connectivity index (χ2n) is 6.37. The smallest absolute Gasteiger partial charge is 0.259 e. The van der Waals surface area contributed by atoms with Crippen LogP contribution in [0.15, 0.2) is 18.3 Å². The molecule has 0 spiro atoms. The summed E-state index contributed by atoms with van der Waals surface area (Å²) < 4.78 is 1.78. The highest BCUT2D eigenvalue weighted by Gasteiger charge is 2.29. The number of halogens is 1. The van der Waals surface area contributed by atoms with Crippen LogP contribution in [0.1, 0.15) is 43.9 Å². The van der Waals surface area contributed by atoms with Crippen LogP contribution in [0.2, 0.25) is 5.02 Å². The van der Waals surface area contributed by atoms with Crippen LogP contribution in [0.4, 0.5) is 0 Å². The van der Waals surface area contributed by atoms with Crippen LogP contribution >= 0.6 is 11.6 Å². The standard InChI is InChI=1S/C17H20ClN5O/c1-9(2)22(10(3)4)17(24)13-14(18)12-7-6-8-19-15(12)23-11(5)20-21-16(13)23/h6-10H,1-5H3. The van der Waals surface area contributed by atoms with Crippen LogP contribution in [0.3, 0.4) is 0 Å². The van der Waals surface area contributed by atoms with Gasteiger partial charge in [0.25, 0.3) is 5.91 Å². The highest BCUT2D eigenvalue weighted by atomic mass is 35.5. The largest absolute Gasteiger partial charge is 0.334 e. The Hall–Kier alpha value is -2.21. The van der Waals surface area contributed by atoms with Crippen molar-refractivity contribution >= 4 is 34.2 Å². The molecular formula is C17H20ClN5O. The molecule has 0 N–H and O–H groups in total. The van der Waals surface area contributed by atoms with Crippen LogP contribution < -0.4 is 0 Å². The van der Waals surface area contributed by atoms with Crippen LogP contribution in [0.25, 0.3) is 16.7 Å². The number of fused-ring (bicyclic) bond motifs is 3. The molecule has 0 saturated carbocycles. The van der Waals surface area contributed by atoms with Crippen molar-refractivity contribution in [2.75, 3.05) is 0 Å². The molecule has 3 heterocycles. The summed E-state index contributed by atoms with van der Waals surface area (Å²) in [5, 5.41) is 9.40. The lowest BCUT2D eigenvalue weighted by Crippen LogP contribution is -2.42. The van der Waals surface area contributed by atoms with Crippen molar-refractivity contribution in [3.05, 3.63) is 34.7 Å². The van der Waals surface area contributed by atoms with Crippen molar-refractivity contribution in [3.8, 4) is 0 Å². The Kier molecular flexibility index (Phi) is 4.17. The molecule has 0 saturated heterocycles. The molecule has 126 valence electrons. The van der Waals surface area contributed by atoms with Crippen molar-refractivity contribution in [1.29, 1.82) is 0 Å². The summed E-state index contributed by atoms with van der Waals surface area (Å²) in [5.74, 6) is 0.521. The van der Waals surface area contributed by atoms with Crippen molar-refractivity contribution in [1.82, 2.24) is 24.5 Å². The predicted octanol–water partition coefficient (Wildman–Crippen LogP) is 3.50. The molecule has 0 bridgehead atoms. The molecule has 0 radical (unpaired) electrons. The highest BCUT2D eigenvalue weighted by Crippen LogP contribution is 2.31. The summed E-state index contributed by atoms with van der Waals surface area (Å²) in [6.07, 6.45) is 1.69. The monoisotopic (exact) mass is 345 g/mol. The molecule has 0 fully saturated rings. The number of carbonyl (C=O) groups excluding carboxylic acids is 1. The summed E-state index contributed by atoms with van der Waals surface area (Å²) in [6.45, 7) is 9.78. The molecule has 0 unspecified atom stereocenters. The Morgan fingerprint density at radius 2 is 1.83 bits per heavy atom. The van der Waals surface area contributed by atoms with Gasteiger partial charge in [0.15, 0.2) is 5.65 Å². The molecule has 0 atom stereocenters. The van der Waals surface area contributed by atoms with Gasteiger partial charge in [-0.3, -0.25) is 9.20 Å². The van der Waals surface area contributed by atoms with E-state index in [9.17, 15) is 4.79 Å². The number of amides is 1. The lowest BCUT2D eigenvalue weighted by atomic mass is 10.1. The zero-order chi connectivity index (χ0) is 17.6. The van der Waals surface area contributed by atoms with E-state index in [-0.39, 0.29) is 18.0 Å². The van der Waals surface area contributed by atoms with Gasteiger partial charge in [0.1, 0.15) is 17.0 Å². The Bertz CT molecular complexity index is 924. The third kappa shape index (κ3) is 2.41. The van der Waals surface area contributed by atoms with E-state index in [0.29, 0.717) is 33.1 Å². The molecular weight excluding hydrogens is 326 g/mol. The van der Waals surface area contributed by atoms with Gasteiger partial charge in [0.05, 0.1) is 5.02 Å². The first-order valence-corrected chi connectivity index (χ1v) is 8.33. The average molecular weight is 346 g/mol. The van der Waals surface area contributed by atoms with E-state index in [1.807, 2.05) is 40.7 Å². The predicted molar refractivity (Wildman–Crippen MR) is 94.5 cm³/mol. The van der Waals surface area contributed by atoms with Crippen molar-refractivity contribution in [2.24, 2.45) is 0 Å². The van der Waals surface area contributed by atoms with E-state index in [0.717, 1.165) is 0 Å². The van der Waals surface area contributed by atoms with Gasteiger partial charge in [0.2, 0.25) is 0 Å². The first-order chi connectivity index (χ1) is 11.3. The Balaban J connectivity index is 2.38. The fourth-order valence-corrected chi connectivity index (χ4v) is 3.45. The maximum absolute atomic E-state index is 13.3. The molecule has 1 amide bonds. The number of hydrogen-bond acceptors (Lipinski definition) is 4. The number of rotatable bonds is 3. The van der Waals surface area contributed by atoms with Gasteiger partial charge in [-0.2, -0.15) is 0 Å². The normalized spacial score (nSPS) is 11.8. The lowest BCUT2D eigenvalue weighted by molar-refractivity contribution is 0.0645. The maximum Gasteiger partial charge on any atom is 0.259 e. The average Bonchev–Trinajstić information content (AvgIpc) is 2.88. The minimum atomic E-state index is -0.145.